The predicted molar refractivity (Wildman–Crippen MR) is 65.2 cm³/mol. The molecule has 1 aliphatic rings. The zero-order valence-corrected chi connectivity index (χ0v) is 10.9. The number of aryl methyl sites for hydroxylation is 1. The maximum Gasteiger partial charge on any atom is 0.416 e. The average Bonchev–Trinajstić information content (AvgIpc) is 3.08. The van der Waals surface area contributed by atoms with Crippen LogP contribution < -0.4 is 0 Å². The predicted octanol–water partition coefficient (Wildman–Crippen LogP) is 4.81. The average molecular weight is 307 g/mol. The van der Waals surface area contributed by atoms with Crippen molar-refractivity contribution in [2.75, 3.05) is 0 Å². The third-order valence-electron chi connectivity index (χ3n) is 3.15. The second kappa shape index (κ2) is 5.01. The Balaban J connectivity index is 2.04. The van der Waals surface area contributed by atoms with E-state index in [1.54, 1.807) is 12.1 Å². The third-order valence-corrected chi connectivity index (χ3v) is 4.35. The molecule has 2 rings (SSSR count). The highest BCUT2D eigenvalue weighted by molar-refractivity contribution is 9.09. The zero-order chi connectivity index (χ0) is 12.5. The lowest BCUT2D eigenvalue weighted by molar-refractivity contribution is -0.138. The molecular formula is C13H14BrF3. The summed E-state index contributed by atoms with van der Waals surface area (Å²) in [6.07, 6.45) is -0.564. The van der Waals surface area contributed by atoms with Gasteiger partial charge in [0.25, 0.3) is 0 Å². The number of hydrogen-bond donors (Lipinski definition) is 0. The summed E-state index contributed by atoms with van der Waals surface area (Å²) in [5, 5.41) is 0. The molecule has 0 N–H and O–H groups in total. The quantitative estimate of drug-likeness (QED) is 0.700. The van der Waals surface area contributed by atoms with Crippen molar-refractivity contribution in [2.45, 2.75) is 36.7 Å². The van der Waals surface area contributed by atoms with Gasteiger partial charge in [-0.3, -0.25) is 0 Å². The minimum atomic E-state index is -4.24. The molecule has 17 heavy (non-hydrogen) atoms. The Morgan fingerprint density at radius 3 is 2.47 bits per heavy atom. The van der Waals surface area contributed by atoms with Crippen LogP contribution in [0.3, 0.4) is 0 Å². The molecule has 0 spiro atoms. The molecule has 1 unspecified atom stereocenters. The number of benzene rings is 1. The Morgan fingerprint density at radius 1 is 1.24 bits per heavy atom. The van der Waals surface area contributed by atoms with Crippen molar-refractivity contribution < 1.29 is 13.2 Å². The summed E-state index contributed by atoms with van der Waals surface area (Å²) in [7, 11) is 0. The van der Waals surface area contributed by atoms with Gasteiger partial charge in [0, 0.05) is 4.83 Å². The lowest BCUT2D eigenvalue weighted by atomic mass is 10.0. The van der Waals surface area contributed by atoms with E-state index in [-0.39, 0.29) is 0 Å². The molecule has 0 bridgehead atoms. The highest BCUT2D eigenvalue weighted by atomic mass is 79.9. The van der Waals surface area contributed by atoms with Crippen LogP contribution in [-0.2, 0) is 12.6 Å². The van der Waals surface area contributed by atoms with Gasteiger partial charge in [-0.15, -0.1) is 0 Å². The van der Waals surface area contributed by atoms with Crippen LogP contribution in [0.15, 0.2) is 24.3 Å². The van der Waals surface area contributed by atoms with Crippen LogP contribution in [-0.4, -0.2) is 4.83 Å². The largest absolute Gasteiger partial charge is 0.416 e. The molecule has 94 valence electrons. The second-order valence-corrected chi connectivity index (χ2v) is 5.72. The SMILES string of the molecule is FC(F)(F)c1ccccc1CCC(Br)C1CC1. The molecule has 1 aromatic carbocycles. The van der Waals surface area contributed by atoms with Gasteiger partial charge < -0.3 is 0 Å². The topological polar surface area (TPSA) is 0 Å². The fourth-order valence-electron chi connectivity index (χ4n) is 2.00. The number of rotatable bonds is 4. The normalized spacial score (nSPS) is 18.1. The van der Waals surface area contributed by atoms with E-state index in [1.165, 1.54) is 18.9 Å². The smallest absolute Gasteiger partial charge is 0.166 e. The van der Waals surface area contributed by atoms with E-state index in [1.807, 2.05) is 0 Å². The Morgan fingerprint density at radius 2 is 1.88 bits per heavy atom. The Labute approximate surface area is 107 Å². The molecule has 0 amide bonds. The summed E-state index contributed by atoms with van der Waals surface area (Å²) >= 11 is 3.56. The van der Waals surface area contributed by atoms with Crippen LogP contribution in [0.4, 0.5) is 13.2 Å². The van der Waals surface area contributed by atoms with Crippen molar-refractivity contribution in [3.63, 3.8) is 0 Å². The molecule has 4 heteroatoms. The summed E-state index contributed by atoms with van der Waals surface area (Å²) in [4.78, 5) is 0.365. The minimum Gasteiger partial charge on any atom is -0.166 e. The van der Waals surface area contributed by atoms with E-state index in [0.29, 0.717) is 22.7 Å². The van der Waals surface area contributed by atoms with Gasteiger partial charge in [-0.2, -0.15) is 13.2 Å². The molecule has 1 fully saturated rings. The molecule has 0 radical (unpaired) electrons. The fraction of sp³-hybridized carbons (Fsp3) is 0.538. The molecule has 0 saturated heterocycles. The number of halogens is 4. The highest BCUT2D eigenvalue weighted by Gasteiger charge is 2.33. The fourth-order valence-corrected chi connectivity index (χ4v) is 2.76. The molecule has 1 aliphatic carbocycles. The minimum absolute atomic E-state index is 0.365. The van der Waals surface area contributed by atoms with Crippen molar-refractivity contribution >= 4 is 15.9 Å². The van der Waals surface area contributed by atoms with E-state index in [9.17, 15) is 13.2 Å². The number of hydrogen-bond acceptors (Lipinski definition) is 0. The Kier molecular flexibility index (Phi) is 3.81. The van der Waals surface area contributed by atoms with Crippen molar-refractivity contribution in [3.05, 3.63) is 35.4 Å². The zero-order valence-electron chi connectivity index (χ0n) is 9.30. The van der Waals surface area contributed by atoms with Crippen LogP contribution in [0, 0.1) is 5.92 Å². The lowest BCUT2D eigenvalue weighted by Gasteiger charge is -2.14. The van der Waals surface area contributed by atoms with Crippen LogP contribution in [0.25, 0.3) is 0 Å². The first kappa shape index (κ1) is 12.9. The van der Waals surface area contributed by atoms with Gasteiger partial charge in [0.1, 0.15) is 0 Å². The van der Waals surface area contributed by atoms with Gasteiger partial charge in [-0.05, 0) is 43.2 Å². The molecule has 1 aromatic rings. The van der Waals surface area contributed by atoms with E-state index in [2.05, 4.69) is 15.9 Å². The standard InChI is InChI=1S/C13H14BrF3/c14-12(10-5-6-10)8-7-9-3-1-2-4-11(9)13(15,16)17/h1-4,10,12H,5-8H2. The van der Waals surface area contributed by atoms with Gasteiger partial charge in [0.15, 0.2) is 0 Å². The van der Waals surface area contributed by atoms with Crippen LogP contribution in [0.5, 0.6) is 0 Å². The molecule has 1 saturated carbocycles. The van der Waals surface area contributed by atoms with E-state index in [0.717, 1.165) is 12.5 Å². The molecular weight excluding hydrogens is 293 g/mol. The first-order valence-corrected chi connectivity index (χ1v) is 6.69. The van der Waals surface area contributed by atoms with Crippen LogP contribution in [0.2, 0.25) is 0 Å². The summed E-state index contributed by atoms with van der Waals surface area (Å²) in [5.41, 5.74) is -0.0828. The molecule has 0 aromatic heterocycles. The maximum atomic E-state index is 12.7. The maximum absolute atomic E-state index is 12.7. The van der Waals surface area contributed by atoms with E-state index < -0.39 is 11.7 Å². The van der Waals surface area contributed by atoms with Crippen molar-refractivity contribution in [1.29, 1.82) is 0 Å². The van der Waals surface area contributed by atoms with E-state index >= 15 is 0 Å². The first-order valence-electron chi connectivity index (χ1n) is 5.77. The monoisotopic (exact) mass is 306 g/mol. The Hall–Kier alpha value is -0.510. The first-order chi connectivity index (χ1) is 7.98. The van der Waals surface area contributed by atoms with Crippen LogP contribution in [0.1, 0.15) is 30.4 Å². The third kappa shape index (κ3) is 3.47. The molecule has 1 atom stereocenters. The van der Waals surface area contributed by atoms with Gasteiger partial charge in [-0.1, -0.05) is 34.1 Å². The molecule has 0 heterocycles. The highest BCUT2D eigenvalue weighted by Crippen LogP contribution is 2.39. The summed E-state index contributed by atoms with van der Waals surface area (Å²) in [6, 6.07) is 5.86. The van der Waals surface area contributed by atoms with Crippen molar-refractivity contribution in [1.82, 2.24) is 0 Å². The van der Waals surface area contributed by atoms with Gasteiger partial charge >= 0.3 is 6.18 Å². The summed E-state index contributed by atoms with van der Waals surface area (Å²) in [5.74, 6) is 0.674. The van der Waals surface area contributed by atoms with Gasteiger partial charge in [0.2, 0.25) is 0 Å². The second-order valence-electron chi connectivity index (χ2n) is 4.55. The molecule has 0 nitrogen and oxygen atoms in total. The lowest BCUT2D eigenvalue weighted by Crippen LogP contribution is -2.10. The number of alkyl halides is 4. The summed E-state index contributed by atoms with van der Waals surface area (Å²) < 4.78 is 38.2. The Bertz CT molecular complexity index is 382. The molecule has 0 aliphatic heterocycles. The van der Waals surface area contributed by atoms with Gasteiger partial charge in [-0.25, -0.2) is 0 Å². The van der Waals surface area contributed by atoms with Gasteiger partial charge in [0.05, 0.1) is 5.56 Å². The van der Waals surface area contributed by atoms with Crippen molar-refractivity contribution in [2.24, 2.45) is 5.92 Å². The summed E-state index contributed by atoms with van der Waals surface area (Å²) in [6.45, 7) is 0. The van der Waals surface area contributed by atoms with E-state index in [4.69, 9.17) is 0 Å². The van der Waals surface area contributed by atoms with Crippen LogP contribution >= 0.6 is 15.9 Å². The van der Waals surface area contributed by atoms with Crippen molar-refractivity contribution in [3.8, 4) is 0 Å².